The number of aliphatic imine (C=N–C) groups is 1. The Balaban J connectivity index is 1.37. The lowest BCUT2D eigenvalue weighted by Crippen LogP contribution is -2.27. The van der Waals surface area contributed by atoms with Gasteiger partial charge in [0.2, 0.25) is 0 Å². The molecule has 1 aromatic carbocycles. The first-order chi connectivity index (χ1) is 15.2. The second-order valence-corrected chi connectivity index (χ2v) is 8.21. The number of benzene rings is 1. The number of aromatic nitrogens is 4. The van der Waals surface area contributed by atoms with Crippen LogP contribution in [0.1, 0.15) is 30.9 Å². The highest BCUT2D eigenvalue weighted by Crippen LogP contribution is 2.29. The molecule has 0 aliphatic carbocycles. The van der Waals surface area contributed by atoms with E-state index in [-0.39, 0.29) is 0 Å². The van der Waals surface area contributed by atoms with Crippen LogP contribution in [-0.2, 0) is 6.54 Å². The fourth-order valence-electron chi connectivity index (χ4n) is 4.48. The van der Waals surface area contributed by atoms with Gasteiger partial charge in [0, 0.05) is 36.8 Å². The van der Waals surface area contributed by atoms with Gasteiger partial charge in [-0.1, -0.05) is 18.2 Å². The van der Waals surface area contributed by atoms with Crippen LogP contribution in [-0.4, -0.2) is 38.4 Å². The molecule has 3 aromatic heterocycles. The largest absolute Gasteiger partial charge is 0.354 e. The summed E-state index contributed by atoms with van der Waals surface area (Å²) in [6.07, 6.45) is 8.00. The summed E-state index contributed by atoms with van der Waals surface area (Å²) in [5.74, 6) is 1.82. The molecule has 1 fully saturated rings. The molecule has 0 bridgehead atoms. The van der Waals surface area contributed by atoms with Crippen molar-refractivity contribution < 1.29 is 0 Å². The number of imidazole rings is 1. The molecule has 1 unspecified atom stereocenters. The number of nitrogens with one attached hydrogen (secondary N) is 1. The first-order valence-corrected chi connectivity index (χ1v) is 10.7. The average molecular weight is 409 g/mol. The molecule has 1 saturated heterocycles. The Morgan fingerprint density at radius 3 is 3.00 bits per heavy atom. The molecule has 0 spiro atoms. The van der Waals surface area contributed by atoms with Gasteiger partial charge in [0.1, 0.15) is 11.6 Å². The minimum Gasteiger partial charge on any atom is -0.354 e. The smallest absolute Gasteiger partial charge is 0.177 e. The van der Waals surface area contributed by atoms with Crippen molar-refractivity contribution in [2.75, 3.05) is 16.8 Å². The Morgan fingerprint density at radius 1 is 1.13 bits per heavy atom. The lowest BCUT2D eigenvalue weighted by atomic mass is 10.0. The molecular weight excluding hydrogens is 386 g/mol. The minimum absolute atomic E-state index is 0.526. The molecule has 2 aliphatic rings. The van der Waals surface area contributed by atoms with Gasteiger partial charge in [-0.2, -0.15) is 5.10 Å². The summed E-state index contributed by atoms with van der Waals surface area (Å²) in [4.78, 5) is 16.1. The highest BCUT2D eigenvalue weighted by molar-refractivity contribution is 5.86. The topological polar surface area (TPSA) is 70.7 Å². The standard InChI is InChI=1S/C24H23N7/c1-16-4-3-10-30(16)23-6-2-5-22(28-23)27-21-13-20(29-31-11-9-26-24(21)31)17-7-8-18-14-25-15-19(18)12-17/h2,5-9,11-14,16H,3-4,10,15H2,1H3,(H,27,28). The highest BCUT2D eigenvalue weighted by atomic mass is 15.3. The molecule has 0 radical (unpaired) electrons. The maximum atomic E-state index is 4.88. The zero-order valence-corrected chi connectivity index (χ0v) is 17.4. The van der Waals surface area contributed by atoms with Crippen molar-refractivity contribution in [3.8, 4) is 11.3 Å². The van der Waals surface area contributed by atoms with Gasteiger partial charge in [-0.15, -0.1) is 0 Å². The molecule has 0 amide bonds. The number of pyridine rings is 1. The average Bonchev–Trinajstić information content (AvgIpc) is 3.53. The van der Waals surface area contributed by atoms with E-state index in [1.165, 1.54) is 24.0 Å². The Labute approximate surface area is 180 Å². The van der Waals surface area contributed by atoms with E-state index < -0.39 is 0 Å². The molecular formula is C24H23N7. The molecule has 154 valence electrons. The van der Waals surface area contributed by atoms with Crippen LogP contribution in [0.2, 0.25) is 0 Å². The third-order valence-electron chi connectivity index (χ3n) is 6.13. The van der Waals surface area contributed by atoms with Crippen LogP contribution in [0, 0.1) is 0 Å². The molecule has 1 atom stereocenters. The Bertz CT molecular complexity index is 1310. The molecule has 7 heteroatoms. The maximum absolute atomic E-state index is 4.88. The van der Waals surface area contributed by atoms with Gasteiger partial charge in [-0.05, 0) is 55.2 Å². The summed E-state index contributed by atoms with van der Waals surface area (Å²) < 4.78 is 1.81. The van der Waals surface area contributed by atoms with Gasteiger partial charge in [0.15, 0.2) is 5.65 Å². The van der Waals surface area contributed by atoms with Gasteiger partial charge in [0.25, 0.3) is 0 Å². The van der Waals surface area contributed by atoms with Gasteiger partial charge in [-0.25, -0.2) is 14.5 Å². The predicted octanol–water partition coefficient (Wildman–Crippen LogP) is 4.46. The molecule has 6 rings (SSSR count). The number of hydrogen-bond donors (Lipinski definition) is 1. The van der Waals surface area contributed by atoms with Gasteiger partial charge in [-0.3, -0.25) is 4.99 Å². The first kappa shape index (κ1) is 18.1. The van der Waals surface area contributed by atoms with E-state index in [2.05, 4.69) is 57.4 Å². The van der Waals surface area contributed by atoms with Crippen molar-refractivity contribution in [1.29, 1.82) is 0 Å². The molecule has 0 saturated carbocycles. The van der Waals surface area contributed by atoms with Crippen molar-refractivity contribution in [2.45, 2.75) is 32.4 Å². The third kappa shape index (κ3) is 3.22. The van der Waals surface area contributed by atoms with E-state index in [4.69, 9.17) is 10.1 Å². The fraction of sp³-hybridized carbons (Fsp3) is 0.250. The lowest BCUT2D eigenvalue weighted by Gasteiger charge is -2.23. The summed E-state index contributed by atoms with van der Waals surface area (Å²) in [6.45, 7) is 4.05. The maximum Gasteiger partial charge on any atom is 0.177 e. The van der Waals surface area contributed by atoms with E-state index in [1.54, 1.807) is 6.20 Å². The van der Waals surface area contributed by atoms with E-state index in [9.17, 15) is 0 Å². The predicted molar refractivity (Wildman–Crippen MR) is 123 cm³/mol. The summed E-state index contributed by atoms with van der Waals surface area (Å²) in [6, 6.07) is 15.1. The second kappa shape index (κ2) is 7.19. The van der Waals surface area contributed by atoms with E-state index in [0.29, 0.717) is 6.04 Å². The Morgan fingerprint density at radius 2 is 2.10 bits per heavy atom. The van der Waals surface area contributed by atoms with Crippen LogP contribution in [0.5, 0.6) is 0 Å². The number of anilines is 3. The molecule has 1 N–H and O–H groups in total. The minimum atomic E-state index is 0.526. The molecule has 31 heavy (non-hydrogen) atoms. The fourth-order valence-corrected chi connectivity index (χ4v) is 4.48. The van der Waals surface area contributed by atoms with Gasteiger partial charge in [0.05, 0.1) is 17.9 Å². The first-order valence-electron chi connectivity index (χ1n) is 10.7. The van der Waals surface area contributed by atoms with Crippen LogP contribution in [0.15, 0.2) is 59.9 Å². The van der Waals surface area contributed by atoms with Crippen LogP contribution < -0.4 is 10.2 Å². The normalized spacial score (nSPS) is 17.5. The van der Waals surface area contributed by atoms with E-state index in [0.717, 1.165) is 47.3 Å². The zero-order valence-electron chi connectivity index (χ0n) is 17.4. The molecule has 4 aromatic rings. The summed E-state index contributed by atoms with van der Waals surface area (Å²) >= 11 is 0. The van der Waals surface area contributed by atoms with E-state index >= 15 is 0 Å². The van der Waals surface area contributed by atoms with Gasteiger partial charge >= 0.3 is 0 Å². The Hall–Kier alpha value is -3.74. The lowest BCUT2D eigenvalue weighted by molar-refractivity contribution is 0.727. The quantitative estimate of drug-likeness (QED) is 0.539. The van der Waals surface area contributed by atoms with Gasteiger partial charge < -0.3 is 10.2 Å². The molecule has 7 nitrogen and oxygen atoms in total. The van der Waals surface area contributed by atoms with Crippen molar-refractivity contribution in [3.05, 3.63) is 66.0 Å². The molecule has 2 aliphatic heterocycles. The summed E-state index contributed by atoms with van der Waals surface area (Å²) in [5.41, 5.74) is 6.01. The monoisotopic (exact) mass is 409 g/mol. The van der Waals surface area contributed by atoms with Crippen LogP contribution in [0.25, 0.3) is 16.9 Å². The number of nitrogens with zero attached hydrogens (tertiary/aromatic N) is 6. The number of hydrogen-bond acceptors (Lipinski definition) is 6. The number of rotatable bonds is 4. The number of fused-ring (bicyclic) bond motifs is 2. The highest BCUT2D eigenvalue weighted by Gasteiger charge is 2.21. The van der Waals surface area contributed by atoms with Crippen molar-refractivity contribution in [3.63, 3.8) is 0 Å². The van der Waals surface area contributed by atoms with Crippen molar-refractivity contribution in [2.24, 2.45) is 4.99 Å². The molecule has 5 heterocycles. The summed E-state index contributed by atoms with van der Waals surface area (Å²) in [7, 11) is 0. The Kier molecular flexibility index (Phi) is 4.19. The second-order valence-electron chi connectivity index (χ2n) is 8.21. The van der Waals surface area contributed by atoms with Crippen LogP contribution in [0.4, 0.5) is 17.3 Å². The third-order valence-corrected chi connectivity index (χ3v) is 6.13. The van der Waals surface area contributed by atoms with Crippen LogP contribution >= 0.6 is 0 Å². The zero-order chi connectivity index (χ0) is 20.8. The SMILES string of the molecule is CC1CCCN1c1cccc(Nc2cc(-c3ccc4c(c3)CN=C4)nn3ccnc23)n1. The summed E-state index contributed by atoms with van der Waals surface area (Å²) in [5, 5.41) is 8.26. The van der Waals surface area contributed by atoms with Crippen molar-refractivity contribution >= 4 is 29.2 Å². The van der Waals surface area contributed by atoms with Crippen LogP contribution in [0.3, 0.4) is 0 Å². The van der Waals surface area contributed by atoms with E-state index in [1.807, 2.05) is 29.1 Å². The van der Waals surface area contributed by atoms with Crippen molar-refractivity contribution in [1.82, 2.24) is 19.6 Å².